The highest BCUT2D eigenvalue weighted by Crippen LogP contribution is 2.47. The van der Waals surface area contributed by atoms with Crippen LogP contribution in [0, 0.1) is 0 Å². The Hall–Kier alpha value is -4.97. The molecule has 0 aliphatic carbocycles. The highest BCUT2D eigenvalue weighted by atomic mass is 19.4. The van der Waals surface area contributed by atoms with Crippen LogP contribution < -0.4 is 21.9 Å². The van der Waals surface area contributed by atoms with Crippen molar-refractivity contribution in [1.82, 2.24) is 0 Å². The largest absolute Gasteiger partial charge is 0.457 e. The zero-order valence-corrected chi connectivity index (χ0v) is 23.9. The fourth-order valence-corrected chi connectivity index (χ4v) is 4.34. The van der Waals surface area contributed by atoms with Gasteiger partial charge in [-0.3, -0.25) is 0 Å². The van der Waals surface area contributed by atoms with Crippen molar-refractivity contribution in [1.29, 1.82) is 0 Å². The van der Waals surface area contributed by atoms with Crippen molar-refractivity contribution in [3.8, 4) is 22.6 Å². The van der Waals surface area contributed by atoms with Crippen LogP contribution in [-0.2, 0) is 18.5 Å². The van der Waals surface area contributed by atoms with E-state index in [0.29, 0.717) is 30.3 Å². The first kappa shape index (κ1) is 38.5. The average molecular weight is 723 g/mol. The van der Waals surface area contributed by atoms with Gasteiger partial charge in [0.05, 0.1) is 11.1 Å². The van der Waals surface area contributed by atoms with Gasteiger partial charge in [0.1, 0.15) is 17.1 Å². The summed E-state index contributed by atoms with van der Waals surface area (Å²) < 4.78 is 198. The highest BCUT2D eigenvalue weighted by Gasteiger charge is 2.57. The summed E-state index contributed by atoms with van der Waals surface area (Å²) in [6.07, 6.45) is -25.7. The molecule has 4 aromatic rings. The number of ether oxygens (including phenoxy) is 1. The van der Waals surface area contributed by atoms with Gasteiger partial charge in [0.15, 0.2) is 5.92 Å². The molecule has 0 spiro atoms. The predicted molar refractivity (Wildman–Crippen MR) is 148 cm³/mol. The third-order valence-corrected chi connectivity index (χ3v) is 6.39. The smallest absolute Gasteiger partial charge is 0.420 e. The predicted octanol–water partition coefficient (Wildman–Crippen LogP) is 10.8. The lowest BCUT2D eigenvalue weighted by molar-refractivity contribution is -0.253. The molecule has 0 saturated carbocycles. The summed E-state index contributed by atoms with van der Waals surface area (Å²) in [7, 11) is 0. The number of rotatable bonds is 4. The van der Waals surface area contributed by atoms with E-state index in [9.17, 15) is 65.9 Å². The van der Waals surface area contributed by atoms with Gasteiger partial charge in [0.2, 0.25) is 0 Å². The molecular weight excluding hydrogens is 703 g/mol. The van der Waals surface area contributed by atoms with E-state index in [1.54, 1.807) is 0 Å². The zero-order valence-electron chi connectivity index (χ0n) is 23.9. The van der Waals surface area contributed by atoms with Gasteiger partial charge in [-0.25, -0.2) is 0 Å². The fourth-order valence-electron chi connectivity index (χ4n) is 4.34. The zero-order chi connectivity index (χ0) is 37.3. The molecule has 19 heteroatoms. The Morgan fingerprint density at radius 1 is 0.429 bits per heavy atom. The summed E-state index contributed by atoms with van der Waals surface area (Å²) in [6, 6.07) is 10.3. The highest BCUT2D eigenvalue weighted by molar-refractivity contribution is 5.75. The van der Waals surface area contributed by atoms with Crippen molar-refractivity contribution in [3.05, 3.63) is 101 Å². The second-order valence-corrected chi connectivity index (χ2v) is 10.0. The molecule has 0 heterocycles. The van der Waals surface area contributed by atoms with E-state index in [1.165, 1.54) is 0 Å². The number of hydrogen-bond acceptors (Lipinski definition) is 4. The molecule has 49 heavy (non-hydrogen) atoms. The maximum atomic E-state index is 13.1. The molecule has 0 aliphatic heterocycles. The van der Waals surface area contributed by atoms with Crippen LogP contribution in [0.3, 0.4) is 0 Å². The Morgan fingerprint density at radius 2 is 0.776 bits per heavy atom. The molecule has 4 nitrogen and oxygen atoms in total. The Labute approximate surface area is 265 Å². The number of alkyl halides is 15. The molecule has 0 atom stereocenters. The quantitative estimate of drug-likeness (QED) is 0.145. The van der Waals surface area contributed by atoms with Crippen LogP contribution in [0.4, 0.5) is 82.9 Å². The SMILES string of the molecule is Nc1ccc(-c2ccc(N)cc2C(F)(F)F)c(C(F)(F)F)c1.Nc1ccc(Oc2ccc(C(C(F)(F)F)C(F)(F)F)cc2)c(C(F)(F)F)c1. The first-order valence-electron chi connectivity index (χ1n) is 13.0. The minimum absolute atomic E-state index is 0.194. The van der Waals surface area contributed by atoms with Gasteiger partial charge < -0.3 is 21.9 Å². The minimum atomic E-state index is -5.58. The number of anilines is 3. The Morgan fingerprint density at radius 3 is 1.12 bits per heavy atom. The molecule has 0 bridgehead atoms. The van der Waals surface area contributed by atoms with Gasteiger partial charge in [-0.15, -0.1) is 0 Å². The van der Waals surface area contributed by atoms with Crippen molar-refractivity contribution >= 4 is 17.1 Å². The molecule has 4 aromatic carbocycles. The molecule has 266 valence electrons. The first-order valence-corrected chi connectivity index (χ1v) is 13.0. The number of hydrogen-bond donors (Lipinski definition) is 3. The van der Waals surface area contributed by atoms with Gasteiger partial charge in [-0.2, -0.15) is 65.9 Å². The number of halogens is 15. The second kappa shape index (κ2) is 13.5. The third-order valence-electron chi connectivity index (χ3n) is 6.39. The molecule has 6 N–H and O–H groups in total. The molecule has 0 fully saturated rings. The van der Waals surface area contributed by atoms with Gasteiger partial charge in [0, 0.05) is 17.1 Å². The summed E-state index contributed by atoms with van der Waals surface area (Å²) in [6.45, 7) is 0. The van der Waals surface area contributed by atoms with Crippen molar-refractivity contribution < 1.29 is 70.6 Å². The van der Waals surface area contributed by atoms with Crippen molar-refractivity contribution in [2.75, 3.05) is 17.2 Å². The monoisotopic (exact) mass is 723 g/mol. The van der Waals surface area contributed by atoms with Gasteiger partial charge in [-0.05, 0) is 71.3 Å². The summed E-state index contributed by atoms with van der Waals surface area (Å²) >= 11 is 0. The van der Waals surface area contributed by atoms with Crippen LogP contribution >= 0.6 is 0 Å². The van der Waals surface area contributed by atoms with E-state index in [2.05, 4.69) is 0 Å². The van der Waals surface area contributed by atoms with E-state index < -0.39 is 75.9 Å². The average Bonchev–Trinajstić information content (AvgIpc) is 2.92. The summed E-state index contributed by atoms with van der Waals surface area (Å²) in [5.74, 6) is -4.80. The van der Waals surface area contributed by atoms with Crippen LogP contribution in [0.25, 0.3) is 11.1 Å². The maximum absolute atomic E-state index is 13.1. The minimum Gasteiger partial charge on any atom is -0.457 e. The summed E-state index contributed by atoms with van der Waals surface area (Å²) in [5.41, 5.74) is 9.28. The lowest BCUT2D eigenvalue weighted by Gasteiger charge is -2.23. The van der Waals surface area contributed by atoms with Crippen LogP contribution in [0.1, 0.15) is 28.2 Å². The van der Waals surface area contributed by atoms with Gasteiger partial charge >= 0.3 is 30.9 Å². The normalized spacial score (nSPS) is 12.8. The molecule has 0 aliphatic rings. The maximum Gasteiger partial charge on any atom is 0.420 e. The Balaban J connectivity index is 0.000000271. The molecule has 0 aromatic heterocycles. The fraction of sp³-hybridized carbons (Fsp3) is 0.200. The Bertz CT molecular complexity index is 1680. The summed E-state index contributed by atoms with van der Waals surface area (Å²) in [5, 5.41) is 0. The molecule has 0 radical (unpaired) electrons. The standard InChI is InChI=1S/C16H10F9NO.C14H10F6N2/c17-14(18,19)11-7-9(26)3-6-12(11)27-10-4-1-8(2-5-10)13(15(20,21)22)16(23,24)25;15-13(16,17)11-5-7(21)1-3-9(11)10-4-2-8(22)6-12(10)14(18,19)20/h1-7,13H,26H2;1-6H,21-22H2. The molecule has 0 saturated heterocycles. The Kier molecular flexibility index (Phi) is 10.6. The van der Waals surface area contributed by atoms with Gasteiger partial charge in [-0.1, -0.05) is 24.3 Å². The van der Waals surface area contributed by atoms with Crippen molar-refractivity contribution in [2.45, 2.75) is 36.8 Å². The summed E-state index contributed by atoms with van der Waals surface area (Å²) in [4.78, 5) is 0. The van der Waals surface area contributed by atoms with E-state index >= 15 is 0 Å². The lowest BCUT2D eigenvalue weighted by atomic mass is 9.94. The first-order chi connectivity index (χ1) is 22.2. The number of benzene rings is 4. The molecule has 0 amide bonds. The lowest BCUT2D eigenvalue weighted by Crippen LogP contribution is -2.34. The van der Waals surface area contributed by atoms with E-state index in [-0.39, 0.29) is 22.8 Å². The van der Waals surface area contributed by atoms with Gasteiger partial charge in [0.25, 0.3) is 0 Å². The van der Waals surface area contributed by atoms with Crippen LogP contribution in [0.15, 0.2) is 78.9 Å². The van der Waals surface area contributed by atoms with E-state index in [1.807, 2.05) is 0 Å². The van der Waals surface area contributed by atoms with E-state index in [0.717, 1.165) is 48.5 Å². The van der Waals surface area contributed by atoms with Crippen LogP contribution in [-0.4, -0.2) is 12.4 Å². The van der Waals surface area contributed by atoms with E-state index in [4.69, 9.17) is 21.9 Å². The topological polar surface area (TPSA) is 87.3 Å². The second-order valence-electron chi connectivity index (χ2n) is 10.0. The van der Waals surface area contributed by atoms with Crippen molar-refractivity contribution in [2.24, 2.45) is 0 Å². The molecule has 0 unspecified atom stereocenters. The number of nitrogens with two attached hydrogens (primary N) is 3. The molecular formula is C30H20F15N3O. The number of nitrogen functional groups attached to an aromatic ring is 3. The van der Waals surface area contributed by atoms with Crippen LogP contribution in [0.5, 0.6) is 11.5 Å². The van der Waals surface area contributed by atoms with Crippen molar-refractivity contribution in [3.63, 3.8) is 0 Å². The third kappa shape index (κ3) is 9.79. The van der Waals surface area contributed by atoms with Crippen LogP contribution in [0.2, 0.25) is 0 Å². The molecule has 4 rings (SSSR count).